The maximum absolute atomic E-state index is 11.8. The third-order valence-corrected chi connectivity index (χ3v) is 4.31. The lowest BCUT2D eigenvalue weighted by Crippen LogP contribution is -2.24. The fourth-order valence-corrected chi connectivity index (χ4v) is 2.53. The molecule has 0 aliphatic carbocycles. The lowest BCUT2D eigenvalue weighted by molar-refractivity contribution is -0.123. The summed E-state index contributed by atoms with van der Waals surface area (Å²) in [6.07, 6.45) is 1.56. The van der Waals surface area contributed by atoms with Crippen LogP contribution in [-0.4, -0.2) is 25.3 Å². The normalized spacial score (nSPS) is 11.0. The molecule has 0 unspecified atom stereocenters. The van der Waals surface area contributed by atoms with Crippen LogP contribution in [0.15, 0.2) is 52.0 Å². The number of hydrogen-bond acceptors (Lipinski definition) is 4. The maximum Gasteiger partial charge on any atom is 0.277 e. The van der Waals surface area contributed by atoms with E-state index in [9.17, 15) is 4.79 Å². The van der Waals surface area contributed by atoms with E-state index in [1.807, 2.05) is 49.4 Å². The molecule has 0 radical (unpaired) electrons. The van der Waals surface area contributed by atoms with Crippen LogP contribution in [0.5, 0.6) is 11.5 Å². The van der Waals surface area contributed by atoms with Crippen molar-refractivity contribution >= 4 is 28.1 Å². The molecule has 2 aromatic carbocycles. The minimum atomic E-state index is -0.328. The number of benzene rings is 2. The molecule has 5 nitrogen and oxygen atoms in total. The Balaban J connectivity index is 1.84. The number of carbonyl (C=O) groups is 1. The van der Waals surface area contributed by atoms with Crippen molar-refractivity contribution in [3.63, 3.8) is 0 Å². The van der Waals surface area contributed by atoms with Gasteiger partial charge >= 0.3 is 0 Å². The predicted octanol–water partition coefficient (Wildman–Crippen LogP) is 4.50. The predicted molar refractivity (Wildman–Crippen MR) is 107 cm³/mol. The average Bonchev–Trinajstić information content (AvgIpc) is 2.63. The first-order valence-corrected chi connectivity index (χ1v) is 9.26. The lowest BCUT2D eigenvalue weighted by Gasteiger charge is -2.08. The smallest absolute Gasteiger partial charge is 0.277 e. The van der Waals surface area contributed by atoms with E-state index in [1.54, 1.807) is 6.21 Å². The van der Waals surface area contributed by atoms with Gasteiger partial charge in [-0.3, -0.25) is 4.79 Å². The summed E-state index contributed by atoms with van der Waals surface area (Å²) in [6.45, 7) is 6.67. The summed E-state index contributed by atoms with van der Waals surface area (Å²) in [4.78, 5) is 11.8. The Morgan fingerprint density at radius 2 is 1.85 bits per heavy atom. The minimum Gasteiger partial charge on any atom is -0.494 e. The monoisotopic (exact) mass is 418 g/mol. The number of hydrogen-bond donors (Lipinski definition) is 1. The van der Waals surface area contributed by atoms with Crippen molar-refractivity contribution in [2.24, 2.45) is 5.10 Å². The van der Waals surface area contributed by atoms with Gasteiger partial charge in [0.2, 0.25) is 0 Å². The summed E-state index contributed by atoms with van der Waals surface area (Å²) in [5, 5.41) is 3.96. The Morgan fingerprint density at radius 3 is 2.50 bits per heavy atom. The van der Waals surface area contributed by atoms with Crippen molar-refractivity contribution in [1.82, 2.24) is 5.43 Å². The highest BCUT2D eigenvalue weighted by atomic mass is 79.9. The van der Waals surface area contributed by atoms with Crippen LogP contribution in [0.3, 0.4) is 0 Å². The Bertz CT molecular complexity index is 758. The highest BCUT2D eigenvalue weighted by Crippen LogP contribution is 2.21. The molecule has 0 heterocycles. The summed E-state index contributed by atoms with van der Waals surface area (Å²) in [6, 6.07) is 13.3. The summed E-state index contributed by atoms with van der Waals surface area (Å²) >= 11 is 3.44. The second-order valence-electron chi connectivity index (χ2n) is 5.92. The van der Waals surface area contributed by atoms with Crippen molar-refractivity contribution in [2.75, 3.05) is 13.2 Å². The first-order valence-electron chi connectivity index (χ1n) is 8.46. The van der Waals surface area contributed by atoms with Gasteiger partial charge in [-0.15, -0.1) is 0 Å². The number of halogens is 1. The number of rotatable bonds is 8. The summed E-state index contributed by atoms with van der Waals surface area (Å²) < 4.78 is 11.8. The molecule has 0 aliphatic rings. The number of nitrogens with zero attached hydrogens (tertiary/aromatic N) is 1. The molecule has 1 amide bonds. The van der Waals surface area contributed by atoms with Gasteiger partial charge in [0.1, 0.15) is 11.5 Å². The van der Waals surface area contributed by atoms with Gasteiger partial charge in [0.15, 0.2) is 6.61 Å². The first kappa shape index (κ1) is 20.0. The zero-order valence-corrected chi connectivity index (χ0v) is 16.7. The van der Waals surface area contributed by atoms with E-state index in [0.29, 0.717) is 18.3 Å². The van der Waals surface area contributed by atoms with E-state index < -0.39 is 0 Å². The Kier molecular flexibility index (Phi) is 7.66. The molecule has 0 atom stereocenters. The van der Waals surface area contributed by atoms with Gasteiger partial charge < -0.3 is 9.47 Å². The first-order chi connectivity index (χ1) is 12.5. The van der Waals surface area contributed by atoms with Gasteiger partial charge in [-0.2, -0.15) is 5.10 Å². The maximum atomic E-state index is 11.8. The number of carbonyl (C=O) groups excluding carboxylic acids is 1. The van der Waals surface area contributed by atoms with Crippen LogP contribution in [-0.2, 0) is 4.79 Å². The lowest BCUT2D eigenvalue weighted by atomic mass is 10.0. The summed E-state index contributed by atoms with van der Waals surface area (Å²) in [5.74, 6) is 1.53. The van der Waals surface area contributed by atoms with Crippen LogP contribution >= 0.6 is 15.9 Å². The molecule has 0 aromatic heterocycles. The average molecular weight is 419 g/mol. The zero-order chi connectivity index (χ0) is 18.9. The molecular weight excluding hydrogens is 396 g/mol. The van der Waals surface area contributed by atoms with Crippen LogP contribution in [0.25, 0.3) is 0 Å². The van der Waals surface area contributed by atoms with E-state index in [4.69, 9.17) is 9.47 Å². The molecule has 138 valence electrons. The molecule has 0 spiro atoms. The van der Waals surface area contributed by atoms with Gasteiger partial charge in [0.05, 0.1) is 12.8 Å². The highest BCUT2D eigenvalue weighted by Gasteiger charge is 2.04. The Hall–Kier alpha value is -2.34. The molecular formula is C20H23BrN2O3. The van der Waals surface area contributed by atoms with E-state index in [2.05, 4.69) is 40.3 Å². The molecule has 1 N–H and O–H groups in total. The van der Waals surface area contributed by atoms with E-state index >= 15 is 0 Å². The van der Waals surface area contributed by atoms with Crippen molar-refractivity contribution in [3.05, 3.63) is 58.1 Å². The minimum absolute atomic E-state index is 0.0987. The topological polar surface area (TPSA) is 59.9 Å². The zero-order valence-electron chi connectivity index (χ0n) is 15.2. The van der Waals surface area contributed by atoms with Crippen LogP contribution in [0.2, 0.25) is 0 Å². The third-order valence-electron chi connectivity index (χ3n) is 3.59. The molecule has 0 saturated carbocycles. The van der Waals surface area contributed by atoms with Gasteiger partial charge in [0, 0.05) is 10.0 Å². The number of ether oxygens (including phenoxy) is 2. The second kappa shape index (κ2) is 9.97. The largest absolute Gasteiger partial charge is 0.494 e. The van der Waals surface area contributed by atoms with Gasteiger partial charge in [-0.1, -0.05) is 41.9 Å². The quantitative estimate of drug-likeness (QED) is 0.506. The van der Waals surface area contributed by atoms with Crippen LogP contribution in [0.4, 0.5) is 0 Å². The highest BCUT2D eigenvalue weighted by molar-refractivity contribution is 9.10. The number of nitrogens with one attached hydrogen (secondary N) is 1. The van der Waals surface area contributed by atoms with Crippen molar-refractivity contribution in [3.8, 4) is 11.5 Å². The molecule has 2 rings (SSSR count). The molecule has 0 fully saturated rings. The number of hydrazone groups is 1. The molecule has 0 bridgehead atoms. The van der Waals surface area contributed by atoms with E-state index in [1.165, 1.54) is 5.56 Å². The third kappa shape index (κ3) is 6.19. The van der Waals surface area contributed by atoms with E-state index in [0.717, 1.165) is 15.8 Å². The SMILES string of the molecule is CCOc1ccc(Br)c(C=NNC(=O)COc2ccc(C(C)C)cc2)c1. The van der Waals surface area contributed by atoms with Gasteiger partial charge in [0.25, 0.3) is 5.91 Å². The molecule has 0 saturated heterocycles. The van der Waals surface area contributed by atoms with Crippen LogP contribution < -0.4 is 14.9 Å². The van der Waals surface area contributed by atoms with Crippen molar-refractivity contribution in [2.45, 2.75) is 26.7 Å². The van der Waals surface area contributed by atoms with Crippen LogP contribution in [0.1, 0.15) is 37.8 Å². The standard InChI is InChI=1S/C20H23BrN2O3/c1-4-25-18-9-10-19(21)16(11-18)12-22-23-20(24)13-26-17-7-5-15(6-8-17)14(2)3/h5-12,14H,4,13H2,1-3H3,(H,23,24). The molecule has 2 aromatic rings. The second-order valence-corrected chi connectivity index (χ2v) is 6.78. The summed E-state index contributed by atoms with van der Waals surface area (Å²) in [5.41, 5.74) is 4.49. The van der Waals surface area contributed by atoms with Crippen LogP contribution in [0, 0.1) is 0 Å². The van der Waals surface area contributed by atoms with Crippen molar-refractivity contribution < 1.29 is 14.3 Å². The molecule has 26 heavy (non-hydrogen) atoms. The Labute approximate surface area is 162 Å². The van der Waals surface area contributed by atoms with E-state index in [-0.39, 0.29) is 12.5 Å². The Morgan fingerprint density at radius 1 is 1.15 bits per heavy atom. The summed E-state index contributed by atoms with van der Waals surface area (Å²) in [7, 11) is 0. The van der Waals surface area contributed by atoms with Crippen molar-refractivity contribution in [1.29, 1.82) is 0 Å². The fraction of sp³-hybridized carbons (Fsp3) is 0.300. The molecule has 0 aliphatic heterocycles. The van der Waals surface area contributed by atoms with Gasteiger partial charge in [-0.05, 0) is 48.7 Å². The fourth-order valence-electron chi connectivity index (χ4n) is 2.18. The molecule has 6 heteroatoms. The van der Waals surface area contributed by atoms with Gasteiger partial charge in [-0.25, -0.2) is 5.43 Å². The number of amides is 1.